The van der Waals surface area contributed by atoms with E-state index >= 15 is 0 Å². The van der Waals surface area contributed by atoms with E-state index in [1.165, 1.54) is 11.3 Å². The fourth-order valence-electron chi connectivity index (χ4n) is 3.64. The molecule has 0 radical (unpaired) electrons. The number of nitrogens with zero attached hydrogens (tertiary/aromatic N) is 1. The van der Waals surface area contributed by atoms with E-state index < -0.39 is 0 Å². The van der Waals surface area contributed by atoms with E-state index in [1.54, 1.807) is 40.9 Å². The largest absolute Gasteiger partial charge is 0.454 e. The van der Waals surface area contributed by atoms with Crippen molar-refractivity contribution >= 4 is 55.7 Å². The van der Waals surface area contributed by atoms with Gasteiger partial charge in [0.2, 0.25) is 12.6 Å². The van der Waals surface area contributed by atoms with Gasteiger partial charge in [0.1, 0.15) is 9.71 Å². The van der Waals surface area contributed by atoms with Gasteiger partial charge in [-0.3, -0.25) is 4.79 Å². The lowest BCUT2D eigenvalue weighted by molar-refractivity contribution is 0.104. The summed E-state index contributed by atoms with van der Waals surface area (Å²) in [6.45, 7) is 0.164. The molecule has 0 atom stereocenters. The molecule has 0 spiro atoms. The van der Waals surface area contributed by atoms with E-state index in [0.717, 1.165) is 31.2 Å². The highest BCUT2D eigenvalue weighted by Crippen LogP contribution is 2.44. The van der Waals surface area contributed by atoms with Crippen molar-refractivity contribution < 1.29 is 14.3 Å². The highest BCUT2D eigenvalue weighted by molar-refractivity contribution is 7.21. The number of nitrogen functional groups attached to an aromatic ring is 1. The van der Waals surface area contributed by atoms with Gasteiger partial charge in [-0.05, 0) is 47.2 Å². The second-order valence-corrected chi connectivity index (χ2v) is 9.83. The third-order valence-corrected chi connectivity index (χ3v) is 7.99. The van der Waals surface area contributed by atoms with Gasteiger partial charge in [0.05, 0.1) is 16.3 Å². The van der Waals surface area contributed by atoms with Crippen LogP contribution < -0.4 is 15.2 Å². The van der Waals surface area contributed by atoms with Gasteiger partial charge in [-0.25, -0.2) is 4.98 Å². The van der Waals surface area contributed by atoms with Crippen LogP contribution in [0.1, 0.15) is 15.2 Å². The maximum atomic E-state index is 13.4. The molecule has 0 bridgehead atoms. The lowest BCUT2D eigenvalue weighted by Crippen LogP contribution is -2.02. The number of aromatic nitrogens is 1. The number of ketones is 1. The quantitative estimate of drug-likeness (QED) is 0.318. The SMILES string of the molecule is Nc1c(C(=O)c2ccc3c(c2)OCO3)sc2nc(-c3cccs3)cc(-c3cccs3)c12. The number of nitrogens with two attached hydrogens (primary N) is 1. The molecule has 0 fully saturated rings. The Morgan fingerprint density at radius 3 is 2.52 bits per heavy atom. The van der Waals surface area contributed by atoms with Crippen molar-refractivity contribution in [3.05, 3.63) is 69.7 Å². The summed E-state index contributed by atoms with van der Waals surface area (Å²) in [6.07, 6.45) is 0. The summed E-state index contributed by atoms with van der Waals surface area (Å²) in [7, 11) is 0. The Hall–Kier alpha value is -3.20. The average molecular weight is 463 g/mol. The van der Waals surface area contributed by atoms with Crippen molar-refractivity contribution in [1.82, 2.24) is 4.98 Å². The first-order chi connectivity index (χ1) is 15.2. The van der Waals surface area contributed by atoms with E-state index in [-0.39, 0.29) is 12.6 Å². The van der Waals surface area contributed by atoms with Crippen molar-refractivity contribution in [3.8, 4) is 32.5 Å². The number of pyridine rings is 1. The molecule has 8 heteroatoms. The summed E-state index contributed by atoms with van der Waals surface area (Å²) < 4.78 is 10.8. The Labute approximate surface area is 189 Å². The molecule has 0 amide bonds. The molecular weight excluding hydrogens is 448 g/mol. The van der Waals surface area contributed by atoms with Gasteiger partial charge in [-0.1, -0.05) is 12.1 Å². The molecule has 1 aliphatic heterocycles. The van der Waals surface area contributed by atoms with Gasteiger partial charge in [0.15, 0.2) is 11.5 Å². The Morgan fingerprint density at radius 1 is 0.968 bits per heavy atom. The van der Waals surface area contributed by atoms with E-state index in [2.05, 4.69) is 12.1 Å². The number of carbonyl (C=O) groups is 1. The topological polar surface area (TPSA) is 74.4 Å². The van der Waals surface area contributed by atoms with Crippen LogP contribution >= 0.6 is 34.0 Å². The van der Waals surface area contributed by atoms with Crippen molar-refractivity contribution in [1.29, 1.82) is 0 Å². The fourth-order valence-corrected chi connectivity index (χ4v) is 6.15. The molecule has 31 heavy (non-hydrogen) atoms. The van der Waals surface area contributed by atoms with Gasteiger partial charge in [0.25, 0.3) is 0 Å². The zero-order valence-corrected chi connectivity index (χ0v) is 18.4. The number of rotatable bonds is 4. The van der Waals surface area contributed by atoms with Gasteiger partial charge in [-0.15, -0.1) is 34.0 Å². The normalized spacial score (nSPS) is 12.5. The summed E-state index contributed by atoms with van der Waals surface area (Å²) in [5.41, 5.74) is 9.43. The predicted molar refractivity (Wildman–Crippen MR) is 127 cm³/mol. The minimum atomic E-state index is -0.145. The maximum Gasteiger partial charge on any atom is 0.231 e. The third kappa shape index (κ3) is 3.03. The third-order valence-electron chi connectivity index (χ3n) is 5.10. The van der Waals surface area contributed by atoms with Crippen LogP contribution in [0, 0.1) is 0 Å². The van der Waals surface area contributed by atoms with Crippen LogP contribution in [0.4, 0.5) is 5.69 Å². The molecule has 5 heterocycles. The van der Waals surface area contributed by atoms with Crippen molar-refractivity contribution in [2.45, 2.75) is 0 Å². The molecule has 0 aliphatic carbocycles. The fraction of sp³-hybridized carbons (Fsp3) is 0.0435. The number of ether oxygens (including phenoxy) is 2. The monoisotopic (exact) mass is 462 g/mol. The number of fused-ring (bicyclic) bond motifs is 2. The molecule has 1 aliphatic rings. The summed E-state index contributed by atoms with van der Waals surface area (Å²) in [4.78, 5) is 21.6. The average Bonchev–Trinajstić information content (AvgIpc) is 3.59. The van der Waals surface area contributed by atoms with Crippen LogP contribution in [0.15, 0.2) is 59.3 Å². The molecule has 5 nitrogen and oxygen atoms in total. The molecule has 2 N–H and O–H groups in total. The van der Waals surface area contributed by atoms with Crippen LogP contribution in [0.25, 0.3) is 31.2 Å². The number of carbonyl (C=O) groups excluding carboxylic acids is 1. The number of hydrogen-bond donors (Lipinski definition) is 1. The van der Waals surface area contributed by atoms with E-state index in [4.69, 9.17) is 20.2 Å². The molecular formula is C23H14N2O3S3. The van der Waals surface area contributed by atoms with E-state index in [1.807, 2.05) is 29.0 Å². The molecule has 152 valence electrons. The lowest BCUT2D eigenvalue weighted by Gasteiger charge is -2.06. The van der Waals surface area contributed by atoms with Crippen LogP contribution in [-0.4, -0.2) is 17.6 Å². The number of anilines is 1. The van der Waals surface area contributed by atoms with Crippen LogP contribution in [0.3, 0.4) is 0 Å². The molecule has 0 saturated carbocycles. The zero-order valence-electron chi connectivity index (χ0n) is 16.0. The summed E-state index contributed by atoms with van der Waals surface area (Å²) in [5.74, 6) is 1.07. The van der Waals surface area contributed by atoms with Gasteiger partial charge in [0, 0.05) is 21.4 Å². The number of hydrogen-bond acceptors (Lipinski definition) is 8. The molecule has 0 unspecified atom stereocenters. The second kappa shape index (κ2) is 7.19. The molecule has 1 aromatic carbocycles. The summed E-state index contributed by atoms with van der Waals surface area (Å²) in [5, 5.41) is 4.90. The van der Waals surface area contributed by atoms with Crippen molar-refractivity contribution in [2.75, 3.05) is 12.5 Å². The minimum absolute atomic E-state index is 0.145. The Balaban J connectivity index is 1.54. The number of benzene rings is 1. The second-order valence-electron chi connectivity index (χ2n) is 6.93. The highest BCUT2D eigenvalue weighted by Gasteiger charge is 2.24. The van der Waals surface area contributed by atoms with E-state index in [9.17, 15) is 4.79 Å². The molecule has 6 rings (SSSR count). The predicted octanol–water partition coefficient (Wildman–Crippen LogP) is 6.30. The van der Waals surface area contributed by atoms with Gasteiger partial charge < -0.3 is 15.2 Å². The van der Waals surface area contributed by atoms with E-state index in [0.29, 0.717) is 27.6 Å². The summed E-state index contributed by atoms with van der Waals surface area (Å²) >= 11 is 4.61. The molecule has 5 aromatic rings. The minimum Gasteiger partial charge on any atom is -0.454 e. The smallest absolute Gasteiger partial charge is 0.231 e. The van der Waals surface area contributed by atoms with Crippen molar-refractivity contribution in [3.63, 3.8) is 0 Å². The maximum absolute atomic E-state index is 13.4. The molecule has 0 saturated heterocycles. The lowest BCUT2D eigenvalue weighted by atomic mass is 10.0. The number of thiophene rings is 3. The molecule has 4 aromatic heterocycles. The Morgan fingerprint density at radius 2 is 1.74 bits per heavy atom. The van der Waals surface area contributed by atoms with Gasteiger partial charge >= 0.3 is 0 Å². The first-order valence-corrected chi connectivity index (χ1v) is 12.0. The van der Waals surface area contributed by atoms with Gasteiger partial charge in [-0.2, -0.15) is 0 Å². The van der Waals surface area contributed by atoms with Crippen LogP contribution in [-0.2, 0) is 0 Å². The van der Waals surface area contributed by atoms with Crippen LogP contribution in [0.2, 0.25) is 0 Å². The first-order valence-electron chi connectivity index (χ1n) is 9.44. The first kappa shape index (κ1) is 18.6. The standard InChI is InChI=1S/C23H14N2O3S3/c24-20-19-13(17-3-1-7-29-17)10-14(18-4-2-8-30-18)25-23(19)31-22(20)21(26)12-5-6-15-16(9-12)28-11-27-15/h1-10H,11,24H2. The Bertz CT molecular complexity index is 1440. The highest BCUT2D eigenvalue weighted by atomic mass is 32.1. The Kier molecular flexibility index (Phi) is 4.31. The summed E-state index contributed by atoms with van der Waals surface area (Å²) in [6, 6.07) is 15.4. The van der Waals surface area contributed by atoms with Crippen molar-refractivity contribution in [2.24, 2.45) is 0 Å². The van der Waals surface area contributed by atoms with Crippen LogP contribution in [0.5, 0.6) is 11.5 Å². The zero-order chi connectivity index (χ0) is 20.9.